The summed E-state index contributed by atoms with van der Waals surface area (Å²) in [7, 11) is -3.88. The molecule has 0 aliphatic heterocycles. The molecule has 6 heteroatoms. The molecule has 0 aliphatic rings. The third-order valence-corrected chi connectivity index (χ3v) is 4.30. The zero-order chi connectivity index (χ0) is 12.3. The number of hydrogen-bond acceptors (Lipinski definition) is 3. The summed E-state index contributed by atoms with van der Waals surface area (Å²) >= 11 is 0. The quantitative estimate of drug-likeness (QED) is 0.383. The molecule has 0 heterocycles. The van der Waals surface area contributed by atoms with Gasteiger partial charge in [0, 0.05) is 0 Å². The van der Waals surface area contributed by atoms with Gasteiger partial charge in [-0.1, -0.05) is 51.0 Å². The van der Waals surface area contributed by atoms with Crippen molar-refractivity contribution < 1.29 is 64.4 Å². The van der Waals surface area contributed by atoms with Gasteiger partial charge in [0.2, 0.25) is 0 Å². The Balaban J connectivity index is 0.00000162. The fraction of sp³-hybridized carbons (Fsp3) is 0. The van der Waals surface area contributed by atoms with E-state index in [2.05, 4.69) is 0 Å². The van der Waals surface area contributed by atoms with Crippen molar-refractivity contribution in [3.05, 3.63) is 54.6 Å². The predicted octanol–water partition coefficient (Wildman–Crippen LogP) is -1.78. The molecule has 2 rings (SSSR count). The normalized spacial score (nSPS) is 11.4. The summed E-state index contributed by atoms with van der Waals surface area (Å²) in [5.74, 6) is 0. The van der Waals surface area contributed by atoms with Gasteiger partial charge in [0.05, 0.1) is 4.90 Å². The standard InChI is InChI=1S/C12H11O3PS.K/c13-17(14,15)12-8-6-11(7-9-12)16-10-4-2-1-3-5-10;/h1-9,16H,(H,13,14,15);/q;+1/p-1. The van der Waals surface area contributed by atoms with E-state index in [1.54, 1.807) is 12.1 Å². The molecule has 1 unspecified atom stereocenters. The van der Waals surface area contributed by atoms with Crippen LogP contribution in [0.3, 0.4) is 0 Å². The molecule has 18 heavy (non-hydrogen) atoms. The van der Waals surface area contributed by atoms with Crippen LogP contribution in [-0.4, -0.2) is 13.0 Å². The third kappa shape index (κ3) is 4.83. The molecular weight excluding hydrogens is 294 g/mol. The fourth-order valence-corrected chi connectivity index (χ4v) is 2.89. The summed E-state index contributed by atoms with van der Waals surface area (Å²) in [6, 6.07) is 15.9. The van der Waals surface area contributed by atoms with E-state index in [0.717, 1.165) is 5.30 Å². The van der Waals surface area contributed by atoms with Crippen molar-refractivity contribution in [1.29, 1.82) is 0 Å². The van der Waals surface area contributed by atoms with Gasteiger partial charge in [-0.25, -0.2) is 8.42 Å². The first-order chi connectivity index (χ1) is 8.05. The largest absolute Gasteiger partial charge is 1.00 e. The van der Waals surface area contributed by atoms with Crippen LogP contribution < -0.4 is 62.0 Å². The maximum absolute atomic E-state index is 10.7. The van der Waals surface area contributed by atoms with Gasteiger partial charge in [-0.2, -0.15) is 0 Å². The Kier molecular flexibility index (Phi) is 6.65. The molecule has 0 radical (unpaired) electrons. The molecule has 2 aromatic rings. The van der Waals surface area contributed by atoms with Gasteiger partial charge in [-0.05, 0) is 22.7 Å². The van der Waals surface area contributed by atoms with Crippen LogP contribution in [0.2, 0.25) is 0 Å². The molecular formula is C12H10KO3PS. The van der Waals surface area contributed by atoms with E-state index in [9.17, 15) is 13.0 Å². The van der Waals surface area contributed by atoms with Gasteiger partial charge >= 0.3 is 51.4 Å². The van der Waals surface area contributed by atoms with Gasteiger partial charge in [0.25, 0.3) is 0 Å². The van der Waals surface area contributed by atoms with E-state index in [4.69, 9.17) is 0 Å². The van der Waals surface area contributed by atoms with Gasteiger partial charge in [0.15, 0.2) is 0 Å². The third-order valence-electron chi connectivity index (χ3n) is 2.21. The topological polar surface area (TPSA) is 57.2 Å². The minimum atomic E-state index is -4.34. The number of rotatable bonds is 3. The summed E-state index contributed by atoms with van der Waals surface area (Å²) in [4.78, 5) is -0.181. The van der Waals surface area contributed by atoms with E-state index in [-0.39, 0.29) is 56.3 Å². The Morgan fingerprint density at radius 3 is 1.83 bits per heavy atom. The molecule has 0 aromatic heterocycles. The summed E-state index contributed by atoms with van der Waals surface area (Å²) in [6.45, 7) is 0. The van der Waals surface area contributed by atoms with Crippen LogP contribution >= 0.6 is 8.58 Å². The molecule has 3 nitrogen and oxygen atoms in total. The molecule has 88 valence electrons. The van der Waals surface area contributed by atoms with Crippen molar-refractivity contribution in [3.63, 3.8) is 0 Å². The zero-order valence-electron chi connectivity index (χ0n) is 9.83. The monoisotopic (exact) mass is 304 g/mol. The van der Waals surface area contributed by atoms with Gasteiger partial charge in [-0.3, -0.25) is 0 Å². The van der Waals surface area contributed by atoms with Crippen LogP contribution in [0.1, 0.15) is 0 Å². The molecule has 0 saturated heterocycles. The van der Waals surface area contributed by atoms with Crippen LogP contribution in [0.5, 0.6) is 0 Å². The van der Waals surface area contributed by atoms with Crippen molar-refractivity contribution in [3.8, 4) is 0 Å². The molecule has 1 atom stereocenters. The Labute approximate surface area is 151 Å². The fourth-order valence-electron chi connectivity index (χ4n) is 1.39. The van der Waals surface area contributed by atoms with E-state index < -0.39 is 10.1 Å². The van der Waals surface area contributed by atoms with Crippen LogP contribution in [0, 0.1) is 0 Å². The van der Waals surface area contributed by atoms with E-state index >= 15 is 0 Å². The van der Waals surface area contributed by atoms with Gasteiger partial charge < -0.3 is 4.55 Å². The first kappa shape index (κ1) is 16.5. The SMILES string of the molecule is O=S(=O)([O-])c1ccc(Pc2ccccc2)cc1.[K+]. The maximum atomic E-state index is 10.7. The molecule has 0 N–H and O–H groups in total. The first-order valence-electron chi connectivity index (χ1n) is 4.94. The second-order valence-corrected chi connectivity index (χ2v) is 6.25. The van der Waals surface area contributed by atoms with E-state index in [0.29, 0.717) is 8.58 Å². The molecule has 0 bridgehead atoms. The second-order valence-electron chi connectivity index (χ2n) is 3.47. The van der Waals surface area contributed by atoms with Crippen LogP contribution in [-0.2, 0) is 10.1 Å². The molecule has 0 amide bonds. The second kappa shape index (κ2) is 7.27. The van der Waals surface area contributed by atoms with Crippen LogP contribution in [0.4, 0.5) is 0 Å². The van der Waals surface area contributed by atoms with E-state index in [1.807, 2.05) is 30.3 Å². The predicted molar refractivity (Wildman–Crippen MR) is 68.4 cm³/mol. The smallest absolute Gasteiger partial charge is 0.744 e. The van der Waals surface area contributed by atoms with Crippen LogP contribution in [0.25, 0.3) is 0 Å². The first-order valence-corrected chi connectivity index (χ1v) is 7.34. The Morgan fingerprint density at radius 2 is 1.33 bits per heavy atom. The average molecular weight is 304 g/mol. The molecule has 0 aliphatic carbocycles. The molecule has 2 aromatic carbocycles. The van der Waals surface area contributed by atoms with Crippen molar-refractivity contribution >= 4 is 29.3 Å². The summed E-state index contributed by atoms with van der Waals surface area (Å²) < 4.78 is 32.2. The van der Waals surface area contributed by atoms with Crippen molar-refractivity contribution in [2.45, 2.75) is 4.90 Å². The van der Waals surface area contributed by atoms with E-state index in [1.165, 1.54) is 17.4 Å². The zero-order valence-corrected chi connectivity index (χ0v) is 14.8. The summed E-state index contributed by atoms with van der Waals surface area (Å²) in [5.41, 5.74) is 0. The minimum Gasteiger partial charge on any atom is -0.744 e. The number of hydrogen-bond donors (Lipinski definition) is 0. The number of benzene rings is 2. The minimum absolute atomic E-state index is 0. The van der Waals surface area contributed by atoms with Crippen molar-refractivity contribution in [2.75, 3.05) is 0 Å². The Hall–Kier alpha value is 0.416. The molecule has 0 spiro atoms. The Bertz CT molecular complexity index is 597. The van der Waals surface area contributed by atoms with Crippen molar-refractivity contribution in [2.24, 2.45) is 0 Å². The van der Waals surface area contributed by atoms with Crippen molar-refractivity contribution in [1.82, 2.24) is 0 Å². The van der Waals surface area contributed by atoms with Crippen LogP contribution in [0.15, 0.2) is 59.5 Å². The Morgan fingerprint density at radius 1 is 0.833 bits per heavy atom. The molecule has 0 saturated carbocycles. The molecule has 0 fully saturated rings. The van der Waals surface area contributed by atoms with Gasteiger partial charge in [-0.15, -0.1) is 0 Å². The summed E-state index contributed by atoms with van der Waals surface area (Å²) in [5, 5.41) is 2.17. The summed E-state index contributed by atoms with van der Waals surface area (Å²) in [6.07, 6.45) is 0. The maximum Gasteiger partial charge on any atom is 1.00 e. The van der Waals surface area contributed by atoms with Gasteiger partial charge in [0.1, 0.15) is 10.1 Å². The average Bonchev–Trinajstić information content (AvgIpc) is 2.30.